The zero-order valence-corrected chi connectivity index (χ0v) is 15.4. The van der Waals surface area contributed by atoms with E-state index in [0.717, 1.165) is 5.56 Å². The Hall–Kier alpha value is -2.23. The Bertz CT molecular complexity index is 843. The Kier molecular flexibility index (Phi) is 5.70. The first-order valence-corrected chi connectivity index (χ1v) is 10.0. The van der Waals surface area contributed by atoms with Crippen molar-refractivity contribution in [1.82, 2.24) is 14.4 Å². The van der Waals surface area contributed by atoms with Crippen LogP contribution in [-0.2, 0) is 20.6 Å². The summed E-state index contributed by atoms with van der Waals surface area (Å²) in [6.45, 7) is 3.73. The Labute approximate surface area is 152 Å². The molecule has 0 bridgehead atoms. The zero-order chi connectivity index (χ0) is 18.6. The molecule has 9 heteroatoms. The molecule has 0 saturated carbocycles. The standard InChI is InChI=1S/C17H22N4O4S/c1-14-11-16(19-25-14)18-17(22)12-20-7-9-21(10-8-20)26(23,24)13-15-5-3-2-4-6-15/h2-6,11H,7-10,12-13H2,1H3,(H,18,19,22). The van der Waals surface area contributed by atoms with E-state index in [1.54, 1.807) is 13.0 Å². The third-order valence-corrected chi connectivity index (χ3v) is 6.03. The molecule has 0 radical (unpaired) electrons. The van der Waals surface area contributed by atoms with Gasteiger partial charge in [-0.3, -0.25) is 9.69 Å². The smallest absolute Gasteiger partial charge is 0.239 e. The minimum Gasteiger partial charge on any atom is -0.360 e. The molecule has 1 aliphatic rings. The molecular formula is C17H22N4O4S. The molecular weight excluding hydrogens is 356 g/mol. The van der Waals surface area contributed by atoms with Crippen LogP contribution in [0.5, 0.6) is 0 Å². The minimum atomic E-state index is -3.35. The van der Waals surface area contributed by atoms with Gasteiger partial charge in [0.1, 0.15) is 5.76 Å². The van der Waals surface area contributed by atoms with Crippen molar-refractivity contribution in [3.05, 3.63) is 47.7 Å². The molecule has 26 heavy (non-hydrogen) atoms. The summed E-state index contributed by atoms with van der Waals surface area (Å²) in [5.41, 5.74) is 0.775. The van der Waals surface area contributed by atoms with E-state index < -0.39 is 10.0 Å². The number of hydrogen-bond acceptors (Lipinski definition) is 6. The average Bonchev–Trinajstić information content (AvgIpc) is 3.00. The number of rotatable bonds is 6. The Balaban J connectivity index is 1.48. The lowest BCUT2D eigenvalue weighted by Gasteiger charge is -2.33. The Morgan fingerprint density at radius 3 is 2.50 bits per heavy atom. The highest BCUT2D eigenvalue weighted by molar-refractivity contribution is 7.88. The third-order valence-electron chi connectivity index (χ3n) is 4.18. The van der Waals surface area contributed by atoms with Gasteiger partial charge >= 0.3 is 0 Å². The molecule has 1 aromatic heterocycles. The van der Waals surface area contributed by atoms with Gasteiger partial charge in [0.2, 0.25) is 15.9 Å². The average molecular weight is 378 g/mol. The molecule has 3 rings (SSSR count). The van der Waals surface area contributed by atoms with Crippen molar-refractivity contribution in [2.45, 2.75) is 12.7 Å². The zero-order valence-electron chi connectivity index (χ0n) is 14.6. The fourth-order valence-corrected chi connectivity index (χ4v) is 4.37. The Morgan fingerprint density at radius 1 is 1.19 bits per heavy atom. The summed E-state index contributed by atoms with van der Waals surface area (Å²) in [4.78, 5) is 14.0. The molecule has 0 aliphatic carbocycles. The van der Waals surface area contributed by atoms with Gasteiger partial charge in [0.15, 0.2) is 5.82 Å². The summed E-state index contributed by atoms with van der Waals surface area (Å²) in [6.07, 6.45) is 0. The van der Waals surface area contributed by atoms with E-state index in [1.807, 2.05) is 35.2 Å². The number of anilines is 1. The molecule has 2 aromatic rings. The van der Waals surface area contributed by atoms with Crippen LogP contribution in [-0.4, -0.2) is 61.4 Å². The summed E-state index contributed by atoms with van der Waals surface area (Å²) >= 11 is 0. The van der Waals surface area contributed by atoms with E-state index in [2.05, 4.69) is 10.5 Å². The van der Waals surface area contributed by atoms with Gasteiger partial charge in [0, 0.05) is 32.2 Å². The van der Waals surface area contributed by atoms with Crippen LogP contribution in [0.25, 0.3) is 0 Å². The van der Waals surface area contributed by atoms with E-state index in [1.165, 1.54) is 4.31 Å². The second-order valence-corrected chi connectivity index (χ2v) is 8.26. The van der Waals surface area contributed by atoms with E-state index >= 15 is 0 Å². The predicted octanol–water partition coefficient (Wildman–Crippen LogP) is 1.07. The highest BCUT2D eigenvalue weighted by atomic mass is 32.2. The molecule has 1 N–H and O–H groups in total. The number of sulfonamides is 1. The quantitative estimate of drug-likeness (QED) is 0.808. The molecule has 2 heterocycles. The first-order chi connectivity index (χ1) is 12.4. The lowest BCUT2D eigenvalue weighted by Crippen LogP contribution is -2.50. The number of amides is 1. The molecule has 8 nitrogen and oxygen atoms in total. The topological polar surface area (TPSA) is 95.8 Å². The molecule has 1 saturated heterocycles. The second-order valence-electron chi connectivity index (χ2n) is 6.29. The van der Waals surface area contributed by atoms with Gasteiger partial charge in [-0.25, -0.2) is 8.42 Å². The lowest BCUT2D eigenvalue weighted by atomic mass is 10.2. The number of hydrogen-bond donors (Lipinski definition) is 1. The van der Waals surface area contributed by atoms with Crippen LogP contribution in [0.15, 0.2) is 40.9 Å². The highest BCUT2D eigenvalue weighted by Gasteiger charge is 2.27. The molecule has 1 aromatic carbocycles. The van der Waals surface area contributed by atoms with Crippen LogP contribution >= 0.6 is 0 Å². The SMILES string of the molecule is Cc1cc(NC(=O)CN2CCN(S(=O)(=O)Cc3ccccc3)CC2)no1. The predicted molar refractivity (Wildman–Crippen MR) is 96.9 cm³/mol. The maximum Gasteiger partial charge on any atom is 0.239 e. The number of piperazine rings is 1. The summed E-state index contributed by atoms with van der Waals surface area (Å²) in [7, 11) is -3.35. The van der Waals surface area contributed by atoms with Crippen molar-refractivity contribution in [2.24, 2.45) is 0 Å². The summed E-state index contributed by atoms with van der Waals surface area (Å²) in [5, 5.41) is 6.39. The first kappa shape index (κ1) is 18.6. The third kappa shape index (κ3) is 4.90. The van der Waals surface area contributed by atoms with Crippen molar-refractivity contribution in [2.75, 3.05) is 38.0 Å². The van der Waals surface area contributed by atoms with Crippen LogP contribution in [0.3, 0.4) is 0 Å². The largest absolute Gasteiger partial charge is 0.360 e. The molecule has 0 atom stereocenters. The van der Waals surface area contributed by atoms with Crippen LogP contribution in [0, 0.1) is 6.92 Å². The minimum absolute atomic E-state index is 0.000163. The van der Waals surface area contributed by atoms with Crippen LogP contribution < -0.4 is 5.32 Å². The first-order valence-electron chi connectivity index (χ1n) is 8.40. The Morgan fingerprint density at radius 2 is 1.88 bits per heavy atom. The second kappa shape index (κ2) is 7.98. The fourth-order valence-electron chi connectivity index (χ4n) is 2.85. The number of nitrogens with zero attached hydrogens (tertiary/aromatic N) is 3. The van der Waals surface area contributed by atoms with E-state index in [9.17, 15) is 13.2 Å². The van der Waals surface area contributed by atoms with Gasteiger partial charge in [-0.05, 0) is 12.5 Å². The number of nitrogens with one attached hydrogen (secondary N) is 1. The van der Waals surface area contributed by atoms with Gasteiger partial charge < -0.3 is 9.84 Å². The van der Waals surface area contributed by atoms with E-state index in [0.29, 0.717) is 37.8 Å². The number of benzene rings is 1. The van der Waals surface area contributed by atoms with Crippen molar-refractivity contribution >= 4 is 21.7 Å². The van der Waals surface area contributed by atoms with Crippen LogP contribution in [0.4, 0.5) is 5.82 Å². The molecule has 1 amide bonds. The summed E-state index contributed by atoms with van der Waals surface area (Å²) in [6, 6.07) is 10.8. The summed E-state index contributed by atoms with van der Waals surface area (Å²) in [5.74, 6) is 0.813. The maximum atomic E-state index is 12.5. The number of aromatic nitrogens is 1. The van der Waals surface area contributed by atoms with E-state index in [4.69, 9.17) is 4.52 Å². The monoisotopic (exact) mass is 378 g/mol. The normalized spacial score (nSPS) is 16.5. The van der Waals surface area contributed by atoms with Crippen LogP contribution in [0.2, 0.25) is 0 Å². The van der Waals surface area contributed by atoms with Gasteiger partial charge in [-0.15, -0.1) is 0 Å². The molecule has 0 unspecified atom stereocenters. The van der Waals surface area contributed by atoms with Crippen molar-refractivity contribution in [3.8, 4) is 0 Å². The van der Waals surface area contributed by atoms with E-state index in [-0.39, 0.29) is 18.2 Å². The van der Waals surface area contributed by atoms with Crippen molar-refractivity contribution < 1.29 is 17.7 Å². The summed E-state index contributed by atoms with van der Waals surface area (Å²) < 4.78 is 31.5. The van der Waals surface area contributed by atoms with Gasteiger partial charge in [0.25, 0.3) is 0 Å². The number of carbonyl (C=O) groups excluding carboxylic acids is 1. The maximum absolute atomic E-state index is 12.5. The number of aryl methyl sites for hydroxylation is 1. The fraction of sp³-hybridized carbons (Fsp3) is 0.412. The molecule has 0 spiro atoms. The van der Waals surface area contributed by atoms with Crippen molar-refractivity contribution in [1.29, 1.82) is 0 Å². The van der Waals surface area contributed by atoms with Gasteiger partial charge in [0.05, 0.1) is 12.3 Å². The molecule has 1 aliphatic heterocycles. The highest BCUT2D eigenvalue weighted by Crippen LogP contribution is 2.14. The lowest BCUT2D eigenvalue weighted by molar-refractivity contribution is -0.117. The molecule has 140 valence electrons. The van der Waals surface area contributed by atoms with Gasteiger partial charge in [-0.1, -0.05) is 35.5 Å². The molecule has 1 fully saturated rings. The van der Waals surface area contributed by atoms with Gasteiger partial charge in [-0.2, -0.15) is 4.31 Å². The van der Waals surface area contributed by atoms with Crippen LogP contribution in [0.1, 0.15) is 11.3 Å². The van der Waals surface area contributed by atoms with Crippen molar-refractivity contribution in [3.63, 3.8) is 0 Å². The number of carbonyl (C=O) groups is 1.